The van der Waals surface area contributed by atoms with Gasteiger partial charge in [0.15, 0.2) is 5.96 Å². The number of nitrogens with zero attached hydrogens (tertiary/aromatic N) is 4. The van der Waals surface area contributed by atoms with E-state index in [0.29, 0.717) is 18.1 Å². The van der Waals surface area contributed by atoms with Crippen molar-refractivity contribution in [1.29, 1.82) is 0 Å². The number of hydrogen-bond acceptors (Lipinski definition) is 4. The molecule has 8 nitrogen and oxygen atoms in total. The molecular formula is C15H20N6O2. The van der Waals surface area contributed by atoms with Gasteiger partial charge in [0, 0.05) is 50.7 Å². The van der Waals surface area contributed by atoms with Crippen molar-refractivity contribution in [2.24, 2.45) is 4.99 Å². The van der Waals surface area contributed by atoms with Crippen LogP contribution in [-0.4, -0.2) is 34.3 Å². The van der Waals surface area contributed by atoms with Gasteiger partial charge in [0.1, 0.15) is 0 Å². The minimum Gasteiger partial charge on any atom is -0.356 e. The van der Waals surface area contributed by atoms with E-state index in [9.17, 15) is 10.1 Å². The molecule has 0 saturated heterocycles. The maximum atomic E-state index is 11.0. The van der Waals surface area contributed by atoms with Crippen LogP contribution in [0, 0.1) is 10.1 Å². The lowest BCUT2D eigenvalue weighted by atomic mass is 10.2. The predicted octanol–water partition coefficient (Wildman–Crippen LogP) is 1.55. The molecule has 122 valence electrons. The van der Waals surface area contributed by atoms with E-state index in [1.54, 1.807) is 31.4 Å². The molecule has 0 bridgehead atoms. The van der Waals surface area contributed by atoms with Crippen molar-refractivity contribution in [3.05, 3.63) is 58.4 Å². The molecule has 8 heteroatoms. The number of nitro benzene ring substituents is 1. The lowest BCUT2D eigenvalue weighted by molar-refractivity contribution is -0.385. The third-order valence-electron chi connectivity index (χ3n) is 3.27. The first kappa shape index (κ1) is 16.5. The summed E-state index contributed by atoms with van der Waals surface area (Å²) in [7, 11) is 1.67. The highest BCUT2D eigenvalue weighted by Crippen LogP contribution is 2.16. The minimum absolute atomic E-state index is 0.106. The molecule has 1 aromatic heterocycles. The first-order chi connectivity index (χ1) is 11.2. The van der Waals surface area contributed by atoms with Gasteiger partial charge in [-0.2, -0.15) is 5.10 Å². The van der Waals surface area contributed by atoms with Crippen LogP contribution in [0.4, 0.5) is 5.69 Å². The van der Waals surface area contributed by atoms with Gasteiger partial charge in [0.2, 0.25) is 0 Å². The van der Waals surface area contributed by atoms with Crippen LogP contribution in [-0.2, 0) is 13.1 Å². The Morgan fingerprint density at radius 2 is 2.17 bits per heavy atom. The van der Waals surface area contributed by atoms with Crippen LogP contribution in [0.1, 0.15) is 12.0 Å². The Morgan fingerprint density at radius 3 is 2.87 bits per heavy atom. The number of benzene rings is 1. The summed E-state index contributed by atoms with van der Waals surface area (Å²) < 4.78 is 1.87. The maximum Gasteiger partial charge on any atom is 0.274 e. The first-order valence-electron chi connectivity index (χ1n) is 7.35. The summed E-state index contributed by atoms with van der Waals surface area (Å²) in [5.74, 6) is 0.614. The lowest BCUT2D eigenvalue weighted by Crippen LogP contribution is -2.37. The lowest BCUT2D eigenvalue weighted by Gasteiger charge is -2.12. The van der Waals surface area contributed by atoms with Crippen LogP contribution in [0.3, 0.4) is 0 Å². The Labute approximate surface area is 134 Å². The number of hydrogen-bond donors (Lipinski definition) is 2. The fourth-order valence-electron chi connectivity index (χ4n) is 2.12. The molecule has 0 aliphatic carbocycles. The number of guanidine groups is 1. The summed E-state index contributed by atoms with van der Waals surface area (Å²) in [5.41, 5.74) is 0.728. The maximum absolute atomic E-state index is 11.0. The van der Waals surface area contributed by atoms with Crippen LogP contribution in [0.15, 0.2) is 47.7 Å². The van der Waals surface area contributed by atoms with Crippen molar-refractivity contribution in [2.75, 3.05) is 13.6 Å². The van der Waals surface area contributed by atoms with Gasteiger partial charge < -0.3 is 10.6 Å². The van der Waals surface area contributed by atoms with E-state index in [0.717, 1.165) is 19.5 Å². The van der Waals surface area contributed by atoms with E-state index in [1.165, 1.54) is 6.07 Å². The zero-order valence-electron chi connectivity index (χ0n) is 13.0. The fraction of sp³-hybridized carbons (Fsp3) is 0.333. The van der Waals surface area contributed by atoms with Crippen LogP contribution in [0.25, 0.3) is 0 Å². The van der Waals surface area contributed by atoms with Gasteiger partial charge in [-0.3, -0.25) is 19.8 Å². The van der Waals surface area contributed by atoms with Gasteiger partial charge in [-0.1, -0.05) is 18.2 Å². The monoisotopic (exact) mass is 316 g/mol. The molecule has 1 aromatic carbocycles. The Balaban J connectivity index is 1.78. The normalized spacial score (nSPS) is 11.3. The summed E-state index contributed by atoms with van der Waals surface area (Å²) >= 11 is 0. The van der Waals surface area contributed by atoms with E-state index in [4.69, 9.17) is 0 Å². The molecule has 0 amide bonds. The predicted molar refractivity (Wildman–Crippen MR) is 88.1 cm³/mol. The average Bonchev–Trinajstić information content (AvgIpc) is 3.07. The molecule has 0 atom stereocenters. The quantitative estimate of drug-likeness (QED) is 0.265. The Hall–Kier alpha value is -2.90. The minimum atomic E-state index is -0.378. The largest absolute Gasteiger partial charge is 0.356 e. The Kier molecular flexibility index (Phi) is 6.10. The second-order valence-electron chi connectivity index (χ2n) is 4.86. The number of nitrogens with one attached hydrogen (secondary N) is 2. The molecule has 0 saturated carbocycles. The molecule has 2 aromatic rings. The van der Waals surface area contributed by atoms with Crippen molar-refractivity contribution in [1.82, 2.24) is 20.4 Å². The fourth-order valence-corrected chi connectivity index (χ4v) is 2.12. The zero-order valence-corrected chi connectivity index (χ0v) is 13.0. The number of nitro groups is 1. The number of aromatic nitrogens is 2. The van der Waals surface area contributed by atoms with Crippen molar-refractivity contribution in [2.45, 2.75) is 19.5 Å². The number of aliphatic imine (C=N–C) groups is 1. The Bertz CT molecular complexity index is 654. The van der Waals surface area contributed by atoms with Crippen LogP contribution in [0.5, 0.6) is 0 Å². The zero-order chi connectivity index (χ0) is 16.5. The summed E-state index contributed by atoms with van der Waals surface area (Å²) in [4.78, 5) is 14.7. The van der Waals surface area contributed by atoms with Crippen LogP contribution >= 0.6 is 0 Å². The van der Waals surface area contributed by atoms with Gasteiger partial charge in [0.05, 0.1) is 4.92 Å². The van der Waals surface area contributed by atoms with Gasteiger partial charge in [-0.15, -0.1) is 0 Å². The average molecular weight is 316 g/mol. The SMILES string of the molecule is CN=C(NCCCn1cccn1)NCc1ccccc1[N+](=O)[O-]. The molecule has 2 rings (SSSR count). The molecule has 0 aliphatic rings. The van der Waals surface area contributed by atoms with Crippen molar-refractivity contribution < 1.29 is 4.92 Å². The molecule has 0 radical (unpaired) electrons. The van der Waals surface area contributed by atoms with Crippen molar-refractivity contribution in [3.8, 4) is 0 Å². The highest BCUT2D eigenvalue weighted by molar-refractivity contribution is 5.79. The third kappa shape index (κ3) is 5.10. The second-order valence-corrected chi connectivity index (χ2v) is 4.86. The molecule has 0 spiro atoms. The molecule has 23 heavy (non-hydrogen) atoms. The number of rotatable bonds is 7. The topological polar surface area (TPSA) is 97.4 Å². The third-order valence-corrected chi connectivity index (χ3v) is 3.27. The number of aryl methyl sites for hydroxylation is 1. The first-order valence-corrected chi connectivity index (χ1v) is 7.35. The van der Waals surface area contributed by atoms with E-state index in [-0.39, 0.29) is 10.6 Å². The van der Waals surface area contributed by atoms with Gasteiger partial charge in [0.25, 0.3) is 5.69 Å². The van der Waals surface area contributed by atoms with Gasteiger partial charge >= 0.3 is 0 Å². The molecule has 2 N–H and O–H groups in total. The van der Waals surface area contributed by atoms with E-state index in [2.05, 4.69) is 20.7 Å². The molecule has 0 aliphatic heterocycles. The van der Waals surface area contributed by atoms with E-state index >= 15 is 0 Å². The van der Waals surface area contributed by atoms with Crippen LogP contribution in [0.2, 0.25) is 0 Å². The van der Waals surface area contributed by atoms with Crippen LogP contribution < -0.4 is 10.6 Å². The second kappa shape index (κ2) is 8.52. The molecular weight excluding hydrogens is 296 g/mol. The summed E-state index contributed by atoms with van der Waals surface area (Å²) in [6, 6.07) is 8.56. The molecule has 0 unspecified atom stereocenters. The Morgan fingerprint density at radius 1 is 1.35 bits per heavy atom. The smallest absolute Gasteiger partial charge is 0.274 e. The van der Waals surface area contributed by atoms with Gasteiger partial charge in [-0.05, 0) is 12.5 Å². The molecule has 1 heterocycles. The number of para-hydroxylation sites is 1. The summed E-state index contributed by atoms with van der Waals surface area (Å²) in [5, 5.41) is 21.4. The van der Waals surface area contributed by atoms with Gasteiger partial charge in [-0.25, -0.2) is 0 Å². The standard InChI is InChI=1S/C15H20N6O2/c1-16-15(17-8-4-10-20-11-5-9-19-20)18-12-13-6-2-3-7-14(13)21(22)23/h2-3,5-7,9,11H,4,8,10,12H2,1H3,(H2,16,17,18). The highest BCUT2D eigenvalue weighted by Gasteiger charge is 2.12. The van der Waals surface area contributed by atoms with Crippen molar-refractivity contribution >= 4 is 11.6 Å². The van der Waals surface area contributed by atoms with Crippen molar-refractivity contribution in [3.63, 3.8) is 0 Å². The van der Waals surface area contributed by atoms with E-state index in [1.807, 2.05) is 16.9 Å². The summed E-state index contributed by atoms with van der Waals surface area (Å²) in [6.45, 7) is 1.90. The van der Waals surface area contributed by atoms with E-state index < -0.39 is 0 Å². The highest BCUT2D eigenvalue weighted by atomic mass is 16.6. The molecule has 0 fully saturated rings. The summed E-state index contributed by atoms with van der Waals surface area (Å²) in [6.07, 6.45) is 4.57.